The highest BCUT2D eigenvalue weighted by atomic mass is 35.5. The molecule has 1 unspecified atom stereocenters. The zero-order valence-corrected chi connectivity index (χ0v) is 21.0. The Kier molecular flexibility index (Phi) is 21.9. The zero-order valence-electron chi connectivity index (χ0n) is 20.2. The molecule has 0 saturated heterocycles. The smallest absolute Gasteiger partial charge is 0.119 e. The van der Waals surface area contributed by atoms with Gasteiger partial charge >= 0.3 is 0 Å². The van der Waals surface area contributed by atoms with E-state index in [0.29, 0.717) is 6.42 Å². The number of hydrogen-bond donors (Lipinski definition) is 2. The van der Waals surface area contributed by atoms with Gasteiger partial charge in [-0.2, -0.15) is 0 Å². The number of ether oxygens (including phenoxy) is 1. The average Bonchev–Trinajstić information content (AvgIpc) is 2.77. The molecule has 0 heterocycles. The Hall–Kier alpha value is -0.770. The first-order valence-corrected chi connectivity index (χ1v) is 12.8. The van der Waals surface area contributed by atoms with Crippen LogP contribution in [0, 0.1) is 0 Å². The van der Waals surface area contributed by atoms with E-state index in [1.165, 1.54) is 96.3 Å². The zero-order chi connectivity index (χ0) is 21.7. The van der Waals surface area contributed by atoms with Gasteiger partial charge in [0.15, 0.2) is 0 Å². The first kappa shape index (κ1) is 30.2. The second kappa shape index (κ2) is 22.4. The Bertz CT molecular complexity index is 481. The van der Waals surface area contributed by atoms with Crippen molar-refractivity contribution in [3.05, 3.63) is 29.8 Å². The third-order valence-corrected chi connectivity index (χ3v) is 5.92. The third kappa shape index (κ3) is 18.5. The van der Waals surface area contributed by atoms with Crippen molar-refractivity contribution in [2.45, 2.75) is 122 Å². The summed E-state index contributed by atoms with van der Waals surface area (Å²) in [5.74, 6) is 0.928. The van der Waals surface area contributed by atoms with E-state index in [-0.39, 0.29) is 25.1 Å². The lowest BCUT2D eigenvalue weighted by atomic mass is 10.0. The van der Waals surface area contributed by atoms with Crippen molar-refractivity contribution < 1.29 is 9.84 Å². The van der Waals surface area contributed by atoms with E-state index in [9.17, 15) is 0 Å². The molecule has 0 aliphatic carbocycles. The molecule has 1 aromatic rings. The molecule has 0 radical (unpaired) electrons. The number of halogens is 1. The van der Waals surface area contributed by atoms with E-state index < -0.39 is 0 Å². The van der Waals surface area contributed by atoms with Crippen molar-refractivity contribution in [3.63, 3.8) is 0 Å². The number of aliphatic hydroxyl groups is 1. The van der Waals surface area contributed by atoms with Crippen LogP contribution in [-0.4, -0.2) is 24.4 Å². The molecule has 31 heavy (non-hydrogen) atoms. The van der Waals surface area contributed by atoms with Crippen LogP contribution in [-0.2, 0) is 6.42 Å². The highest BCUT2D eigenvalue weighted by Crippen LogP contribution is 2.15. The molecule has 1 aromatic carbocycles. The lowest BCUT2D eigenvalue weighted by Crippen LogP contribution is -2.26. The van der Waals surface area contributed by atoms with Crippen LogP contribution in [0.5, 0.6) is 5.75 Å². The van der Waals surface area contributed by atoms with E-state index >= 15 is 0 Å². The summed E-state index contributed by atoms with van der Waals surface area (Å²) < 4.78 is 5.83. The van der Waals surface area contributed by atoms with Gasteiger partial charge in [-0.3, -0.25) is 0 Å². The van der Waals surface area contributed by atoms with Crippen molar-refractivity contribution in [2.24, 2.45) is 5.73 Å². The molecule has 182 valence electrons. The van der Waals surface area contributed by atoms with Crippen LogP contribution in [0.3, 0.4) is 0 Å². The van der Waals surface area contributed by atoms with E-state index in [4.69, 9.17) is 15.6 Å². The van der Waals surface area contributed by atoms with Gasteiger partial charge in [0.1, 0.15) is 5.75 Å². The molecular formula is C27H50ClNO2. The van der Waals surface area contributed by atoms with Gasteiger partial charge in [0, 0.05) is 6.04 Å². The van der Waals surface area contributed by atoms with Crippen LogP contribution in [0.1, 0.15) is 115 Å². The summed E-state index contributed by atoms with van der Waals surface area (Å²) in [4.78, 5) is 0. The Morgan fingerprint density at radius 2 is 1.13 bits per heavy atom. The second-order valence-corrected chi connectivity index (χ2v) is 8.94. The predicted molar refractivity (Wildman–Crippen MR) is 137 cm³/mol. The minimum Gasteiger partial charge on any atom is -0.494 e. The first-order chi connectivity index (χ1) is 14.8. The highest BCUT2D eigenvalue weighted by Gasteiger charge is 2.02. The normalized spacial score (nSPS) is 11.8. The van der Waals surface area contributed by atoms with E-state index in [1.54, 1.807) is 0 Å². The molecule has 1 atom stereocenters. The number of unbranched alkanes of at least 4 members (excludes halogenated alkanes) is 15. The van der Waals surface area contributed by atoms with Gasteiger partial charge in [-0.05, 0) is 30.5 Å². The quantitative estimate of drug-likeness (QED) is 0.187. The Morgan fingerprint density at radius 1 is 0.710 bits per heavy atom. The number of benzene rings is 1. The number of aliphatic hydroxyl groups excluding tert-OH is 1. The van der Waals surface area contributed by atoms with Crippen LogP contribution < -0.4 is 10.5 Å². The topological polar surface area (TPSA) is 55.5 Å². The van der Waals surface area contributed by atoms with Crippen LogP contribution in [0.2, 0.25) is 0 Å². The lowest BCUT2D eigenvalue weighted by Gasteiger charge is -2.10. The van der Waals surface area contributed by atoms with Crippen molar-refractivity contribution in [1.29, 1.82) is 0 Å². The molecule has 3 nitrogen and oxygen atoms in total. The Morgan fingerprint density at radius 3 is 1.55 bits per heavy atom. The van der Waals surface area contributed by atoms with Gasteiger partial charge in [0.25, 0.3) is 0 Å². The molecular weight excluding hydrogens is 406 g/mol. The predicted octanol–water partition coefficient (Wildman–Crippen LogP) is 7.61. The van der Waals surface area contributed by atoms with Gasteiger partial charge in [0.05, 0.1) is 13.2 Å². The molecule has 0 fully saturated rings. The summed E-state index contributed by atoms with van der Waals surface area (Å²) in [6.07, 6.45) is 23.0. The molecule has 1 rings (SSSR count). The van der Waals surface area contributed by atoms with Crippen LogP contribution in [0.4, 0.5) is 0 Å². The fourth-order valence-corrected chi connectivity index (χ4v) is 3.93. The molecule has 4 heteroatoms. The number of rotatable bonds is 21. The number of nitrogens with two attached hydrogens (primary N) is 1. The van der Waals surface area contributed by atoms with Crippen LogP contribution in [0.25, 0.3) is 0 Å². The summed E-state index contributed by atoms with van der Waals surface area (Å²) in [7, 11) is 0. The molecule has 0 bridgehead atoms. The van der Waals surface area contributed by atoms with Crippen molar-refractivity contribution in [1.82, 2.24) is 0 Å². The minimum absolute atomic E-state index is 0. The number of hydrogen-bond acceptors (Lipinski definition) is 3. The van der Waals surface area contributed by atoms with Gasteiger partial charge in [-0.15, -0.1) is 12.4 Å². The minimum atomic E-state index is -0.179. The Labute approximate surface area is 198 Å². The fourth-order valence-electron chi connectivity index (χ4n) is 3.93. The molecule has 0 saturated carbocycles. The maximum Gasteiger partial charge on any atom is 0.119 e. The fraction of sp³-hybridized carbons (Fsp3) is 0.778. The summed E-state index contributed by atoms with van der Waals surface area (Å²) in [6.45, 7) is 3.11. The van der Waals surface area contributed by atoms with Crippen molar-refractivity contribution in [2.75, 3.05) is 13.2 Å². The van der Waals surface area contributed by atoms with Gasteiger partial charge in [-0.25, -0.2) is 0 Å². The average molecular weight is 456 g/mol. The molecule has 0 aliphatic heterocycles. The van der Waals surface area contributed by atoms with Gasteiger partial charge < -0.3 is 15.6 Å². The summed E-state index contributed by atoms with van der Waals surface area (Å²) in [6, 6.07) is 7.91. The second-order valence-electron chi connectivity index (χ2n) is 8.94. The lowest BCUT2D eigenvalue weighted by molar-refractivity contribution is 0.265. The maximum atomic E-state index is 9.02. The molecule has 3 N–H and O–H groups in total. The van der Waals surface area contributed by atoms with Gasteiger partial charge in [0.2, 0.25) is 0 Å². The van der Waals surface area contributed by atoms with E-state index in [1.807, 2.05) is 24.3 Å². The molecule has 0 spiro atoms. The third-order valence-electron chi connectivity index (χ3n) is 5.92. The van der Waals surface area contributed by atoms with E-state index in [0.717, 1.165) is 24.3 Å². The maximum absolute atomic E-state index is 9.02. The van der Waals surface area contributed by atoms with Crippen LogP contribution >= 0.6 is 12.4 Å². The summed E-state index contributed by atoms with van der Waals surface area (Å²) in [5, 5.41) is 9.02. The van der Waals surface area contributed by atoms with Crippen LogP contribution in [0.15, 0.2) is 24.3 Å². The molecule has 0 amide bonds. The van der Waals surface area contributed by atoms with Crippen molar-refractivity contribution in [3.8, 4) is 5.75 Å². The first-order valence-electron chi connectivity index (χ1n) is 12.8. The summed E-state index contributed by atoms with van der Waals surface area (Å²) >= 11 is 0. The Balaban J connectivity index is 0.00000900. The molecule has 0 aliphatic rings. The van der Waals surface area contributed by atoms with Crippen molar-refractivity contribution >= 4 is 12.4 Å². The SMILES string of the molecule is CCCCCCCCCCCCCCCCCCOc1ccc(CC(N)CO)cc1.Cl. The summed E-state index contributed by atoms with van der Waals surface area (Å²) in [5.41, 5.74) is 6.91. The highest BCUT2D eigenvalue weighted by molar-refractivity contribution is 5.85. The standard InChI is InChI=1S/C27H49NO2.ClH/c1-2-3-4-5-6-7-8-9-10-11-12-13-14-15-16-17-22-30-27-20-18-25(19-21-27)23-26(28)24-29;/h18-21,26,29H,2-17,22-24,28H2,1H3;1H. The monoisotopic (exact) mass is 455 g/mol. The largest absolute Gasteiger partial charge is 0.494 e. The van der Waals surface area contributed by atoms with E-state index in [2.05, 4.69) is 6.92 Å². The van der Waals surface area contributed by atoms with Gasteiger partial charge in [-0.1, -0.05) is 115 Å². The molecule has 0 aromatic heterocycles.